The number of nitrogens with one attached hydrogen (secondary N) is 1. The van der Waals surface area contributed by atoms with Crippen molar-refractivity contribution in [2.45, 2.75) is 39.5 Å². The van der Waals surface area contributed by atoms with Gasteiger partial charge in [-0.2, -0.15) is 0 Å². The third-order valence-electron chi connectivity index (χ3n) is 3.08. The smallest absolute Gasteiger partial charge is 0.224 e. The van der Waals surface area contributed by atoms with E-state index in [4.69, 9.17) is 0 Å². The fourth-order valence-corrected chi connectivity index (χ4v) is 2.02. The average molecular weight is 273 g/mol. The fraction of sp³-hybridized carbons (Fsp3) is 0.429. The van der Waals surface area contributed by atoms with Gasteiger partial charge >= 0.3 is 0 Å². The number of rotatable bonds is 6. The zero-order valence-corrected chi connectivity index (χ0v) is 11.8. The maximum atomic E-state index is 11.8. The summed E-state index contributed by atoms with van der Waals surface area (Å²) >= 11 is 0. The number of nitrogens with zero attached hydrogens (tertiary/aromatic N) is 4. The van der Waals surface area contributed by atoms with Gasteiger partial charge in [0.1, 0.15) is 6.33 Å². The number of carbonyl (C=O) groups excluding carboxylic acids is 1. The molecule has 0 aliphatic carbocycles. The fourth-order valence-electron chi connectivity index (χ4n) is 2.02. The van der Waals surface area contributed by atoms with Crippen LogP contribution in [0, 0.1) is 6.92 Å². The van der Waals surface area contributed by atoms with Crippen LogP contribution in [-0.4, -0.2) is 26.1 Å². The van der Waals surface area contributed by atoms with E-state index >= 15 is 0 Å². The van der Waals surface area contributed by atoms with E-state index in [0.717, 1.165) is 36.2 Å². The molecule has 2 rings (SSSR count). The van der Waals surface area contributed by atoms with Gasteiger partial charge in [-0.05, 0) is 47.5 Å². The molecule has 20 heavy (non-hydrogen) atoms. The first-order valence-corrected chi connectivity index (χ1v) is 6.84. The summed E-state index contributed by atoms with van der Waals surface area (Å²) in [4.78, 5) is 11.8. The second-order valence-electron chi connectivity index (χ2n) is 4.76. The lowest BCUT2D eigenvalue weighted by Crippen LogP contribution is -2.11. The summed E-state index contributed by atoms with van der Waals surface area (Å²) in [5.41, 5.74) is 2.71. The van der Waals surface area contributed by atoms with E-state index in [0.29, 0.717) is 6.42 Å². The van der Waals surface area contributed by atoms with Crippen molar-refractivity contribution < 1.29 is 4.79 Å². The normalized spacial score (nSPS) is 10.5. The second kappa shape index (κ2) is 6.79. The highest BCUT2D eigenvalue weighted by Crippen LogP contribution is 2.18. The van der Waals surface area contributed by atoms with Gasteiger partial charge in [0.05, 0.1) is 5.69 Å². The van der Waals surface area contributed by atoms with Crippen LogP contribution < -0.4 is 5.32 Å². The summed E-state index contributed by atoms with van der Waals surface area (Å²) < 4.78 is 1.60. The van der Waals surface area contributed by atoms with Crippen molar-refractivity contribution in [2.24, 2.45) is 0 Å². The highest BCUT2D eigenvalue weighted by Gasteiger charge is 2.06. The molecular formula is C14H19N5O. The minimum absolute atomic E-state index is 0.0630. The molecule has 1 aromatic carbocycles. The van der Waals surface area contributed by atoms with Crippen LogP contribution in [0.15, 0.2) is 24.5 Å². The minimum Gasteiger partial charge on any atom is -0.326 e. The molecule has 0 unspecified atom stereocenters. The molecule has 6 nitrogen and oxygen atoms in total. The maximum absolute atomic E-state index is 11.8. The summed E-state index contributed by atoms with van der Waals surface area (Å²) in [6.45, 7) is 4.09. The van der Waals surface area contributed by atoms with Gasteiger partial charge in [0.25, 0.3) is 0 Å². The van der Waals surface area contributed by atoms with E-state index < -0.39 is 0 Å². The number of unbranched alkanes of at least 4 members (excludes halogenated alkanes) is 2. The summed E-state index contributed by atoms with van der Waals surface area (Å²) in [6.07, 6.45) is 5.26. The first-order chi connectivity index (χ1) is 9.70. The highest BCUT2D eigenvalue weighted by atomic mass is 16.1. The Hall–Kier alpha value is -2.24. The van der Waals surface area contributed by atoms with Crippen molar-refractivity contribution in [1.29, 1.82) is 0 Å². The Morgan fingerprint density at radius 1 is 1.35 bits per heavy atom. The number of tetrazole rings is 1. The van der Waals surface area contributed by atoms with E-state index in [1.165, 1.54) is 0 Å². The molecule has 2 aromatic rings. The molecule has 1 N–H and O–H groups in total. The lowest BCUT2D eigenvalue weighted by atomic mass is 10.1. The van der Waals surface area contributed by atoms with Gasteiger partial charge in [-0.1, -0.05) is 19.8 Å². The van der Waals surface area contributed by atoms with Crippen LogP contribution in [0.2, 0.25) is 0 Å². The van der Waals surface area contributed by atoms with Gasteiger partial charge in [0.15, 0.2) is 0 Å². The van der Waals surface area contributed by atoms with E-state index in [1.54, 1.807) is 11.0 Å². The van der Waals surface area contributed by atoms with Crippen LogP contribution in [0.4, 0.5) is 5.69 Å². The molecule has 0 aliphatic heterocycles. The molecule has 106 valence electrons. The quantitative estimate of drug-likeness (QED) is 0.821. The van der Waals surface area contributed by atoms with Crippen molar-refractivity contribution in [3.05, 3.63) is 30.1 Å². The first kappa shape index (κ1) is 14.2. The minimum atomic E-state index is 0.0630. The van der Waals surface area contributed by atoms with Gasteiger partial charge in [0, 0.05) is 12.1 Å². The summed E-state index contributed by atoms with van der Waals surface area (Å²) in [7, 11) is 0. The Kier molecular flexibility index (Phi) is 4.81. The zero-order chi connectivity index (χ0) is 14.4. The number of hydrogen-bond acceptors (Lipinski definition) is 4. The number of anilines is 1. The Bertz CT molecular complexity index is 565. The van der Waals surface area contributed by atoms with Crippen molar-refractivity contribution in [3.8, 4) is 5.69 Å². The van der Waals surface area contributed by atoms with Gasteiger partial charge in [-0.25, -0.2) is 4.68 Å². The Balaban J connectivity index is 2.00. The molecule has 0 aliphatic rings. The lowest BCUT2D eigenvalue weighted by Gasteiger charge is -2.09. The number of carbonyl (C=O) groups is 1. The van der Waals surface area contributed by atoms with E-state index in [1.807, 2.05) is 25.1 Å². The molecule has 0 fully saturated rings. The van der Waals surface area contributed by atoms with E-state index in [9.17, 15) is 4.79 Å². The van der Waals surface area contributed by atoms with Gasteiger partial charge < -0.3 is 5.32 Å². The van der Waals surface area contributed by atoms with E-state index in [-0.39, 0.29) is 5.91 Å². The molecule has 6 heteroatoms. The topological polar surface area (TPSA) is 72.7 Å². The van der Waals surface area contributed by atoms with Gasteiger partial charge in [-0.15, -0.1) is 5.10 Å². The monoisotopic (exact) mass is 273 g/mol. The van der Waals surface area contributed by atoms with Crippen molar-refractivity contribution >= 4 is 11.6 Å². The van der Waals surface area contributed by atoms with Crippen LogP contribution in [0.1, 0.15) is 38.2 Å². The zero-order valence-electron chi connectivity index (χ0n) is 11.8. The SMILES string of the molecule is CCCCCC(=O)Nc1ccc(-n2cnnn2)c(C)c1. The third-order valence-corrected chi connectivity index (χ3v) is 3.08. The van der Waals surface area contributed by atoms with Crippen LogP contribution in [-0.2, 0) is 4.79 Å². The summed E-state index contributed by atoms with van der Waals surface area (Å²) in [6, 6.07) is 5.68. The highest BCUT2D eigenvalue weighted by molar-refractivity contribution is 5.90. The van der Waals surface area contributed by atoms with Crippen LogP contribution >= 0.6 is 0 Å². The van der Waals surface area contributed by atoms with Crippen LogP contribution in [0.5, 0.6) is 0 Å². The largest absolute Gasteiger partial charge is 0.326 e. The molecule has 0 bridgehead atoms. The molecule has 0 saturated carbocycles. The lowest BCUT2D eigenvalue weighted by molar-refractivity contribution is -0.116. The number of hydrogen-bond donors (Lipinski definition) is 1. The van der Waals surface area contributed by atoms with Crippen LogP contribution in [0.25, 0.3) is 5.69 Å². The molecule has 1 aromatic heterocycles. The van der Waals surface area contributed by atoms with Crippen molar-refractivity contribution in [1.82, 2.24) is 20.2 Å². The standard InChI is InChI=1S/C14H19N5O/c1-3-4-5-6-14(20)16-12-7-8-13(11(2)9-12)19-10-15-17-18-19/h7-10H,3-6H2,1-2H3,(H,16,20). The molecule has 1 heterocycles. The number of aryl methyl sites for hydroxylation is 1. The molecule has 0 radical (unpaired) electrons. The predicted molar refractivity (Wildman–Crippen MR) is 76.7 cm³/mol. The van der Waals surface area contributed by atoms with Crippen molar-refractivity contribution in [2.75, 3.05) is 5.32 Å². The Morgan fingerprint density at radius 3 is 2.85 bits per heavy atom. The summed E-state index contributed by atoms with van der Waals surface area (Å²) in [5.74, 6) is 0.0630. The number of aromatic nitrogens is 4. The van der Waals surface area contributed by atoms with Crippen LogP contribution in [0.3, 0.4) is 0 Å². The van der Waals surface area contributed by atoms with Gasteiger partial charge in [0.2, 0.25) is 5.91 Å². The Labute approximate surface area is 118 Å². The maximum Gasteiger partial charge on any atom is 0.224 e. The molecule has 0 atom stereocenters. The van der Waals surface area contributed by atoms with Crippen molar-refractivity contribution in [3.63, 3.8) is 0 Å². The summed E-state index contributed by atoms with van der Waals surface area (Å²) in [5, 5.41) is 14.0. The van der Waals surface area contributed by atoms with E-state index in [2.05, 4.69) is 27.8 Å². The predicted octanol–water partition coefficient (Wildman–Crippen LogP) is 2.49. The third kappa shape index (κ3) is 3.63. The molecule has 0 spiro atoms. The van der Waals surface area contributed by atoms with Gasteiger partial charge in [-0.3, -0.25) is 4.79 Å². The molecule has 0 saturated heterocycles. The molecular weight excluding hydrogens is 254 g/mol. The average Bonchev–Trinajstić information content (AvgIpc) is 2.93. The number of amides is 1. The Morgan fingerprint density at radius 2 is 2.20 bits per heavy atom. The molecule has 1 amide bonds. The second-order valence-corrected chi connectivity index (χ2v) is 4.76. The first-order valence-electron chi connectivity index (χ1n) is 6.84. The number of benzene rings is 1.